The maximum atomic E-state index is 13.3. The van der Waals surface area contributed by atoms with Crippen LogP contribution in [0.4, 0.5) is 5.69 Å². The van der Waals surface area contributed by atoms with E-state index in [-0.39, 0.29) is 34.2 Å². The highest BCUT2D eigenvalue weighted by molar-refractivity contribution is 6.30. The molecule has 4 rings (SSSR count). The van der Waals surface area contributed by atoms with Crippen LogP contribution in [0.3, 0.4) is 0 Å². The van der Waals surface area contributed by atoms with Crippen molar-refractivity contribution in [3.05, 3.63) is 88.0 Å². The van der Waals surface area contributed by atoms with Crippen molar-refractivity contribution in [2.75, 3.05) is 29.7 Å². The summed E-state index contributed by atoms with van der Waals surface area (Å²) in [6.07, 6.45) is 2.36. The lowest BCUT2D eigenvalue weighted by molar-refractivity contribution is -0.150. The Bertz CT molecular complexity index is 1430. The predicted molar refractivity (Wildman–Crippen MR) is 164 cm³/mol. The van der Waals surface area contributed by atoms with Gasteiger partial charge >= 0.3 is 5.97 Å². The number of carbonyl (C=O) groups is 3. The van der Waals surface area contributed by atoms with Gasteiger partial charge in [-0.3, -0.25) is 14.4 Å². The molecule has 0 saturated carbocycles. The van der Waals surface area contributed by atoms with Gasteiger partial charge in [0, 0.05) is 53.6 Å². The van der Waals surface area contributed by atoms with Gasteiger partial charge in [0.2, 0.25) is 0 Å². The fourth-order valence-electron chi connectivity index (χ4n) is 5.29. The molecule has 0 bridgehead atoms. The highest BCUT2D eigenvalue weighted by Crippen LogP contribution is 2.43. The summed E-state index contributed by atoms with van der Waals surface area (Å²) < 4.78 is 5.80. The SMILES string of the molecule is CCCCC(OC(=O)CCCc1ccc(N(CCCl)CCCl)cc1)c1cc(O)c2c(c1O)C(=O)c1ccccc1C2=O. The standard InChI is InChI=1S/C33H35Cl2NO6/c1-2-3-10-27(42-28(38)11-6-7-21-12-14-22(15-13-21)36(18-16-34)19-17-35)25-20-26(37)29-30(33(25)41)32(40)24-9-5-4-8-23(24)31(29)39/h4-5,8-9,12-15,20,27,37,41H,2-3,6-7,10-11,16-19H2,1H3. The number of hydrogen-bond acceptors (Lipinski definition) is 7. The highest BCUT2D eigenvalue weighted by atomic mass is 35.5. The molecule has 0 aromatic heterocycles. The molecule has 1 aliphatic rings. The summed E-state index contributed by atoms with van der Waals surface area (Å²) >= 11 is 11.8. The van der Waals surface area contributed by atoms with E-state index >= 15 is 0 Å². The number of halogens is 2. The number of aromatic hydroxyl groups is 2. The number of nitrogens with zero attached hydrogens (tertiary/aromatic N) is 1. The number of phenols is 2. The molecular weight excluding hydrogens is 577 g/mol. The molecule has 0 radical (unpaired) electrons. The van der Waals surface area contributed by atoms with E-state index in [4.69, 9.17) is 27.9 Å². The summed E-state index contributed by atoms with van der Waals surface area (Å²) in [7, 11) is 0. The highest BCUT2D eigenvalue weighted by Gasteiger charge is 2.37. The van der Waals surface area contributed by atoms with E-state index in [1.165, 1.54) is 18.2 Å². The Morgan fingerprint density at radius 3 is 2.12 bits per heavy atom. The Kier molecular flexibility index (Phi) is 10.9. The van der Waals surface area contributed by atoms with Gasteiger partial charge < -0.3 is 19.8 Å². The number of esters is 1. The molecule has 222 valence electrons. The van der Waals surface area contributed by atoms with E-state index < -0.39 is 35.1 Å². The molecule has 1 aliphatic carbocycles. The largest absolute Gasteiger partial charge is 0.507 e. The second-order valence-electron chi connectivity index (χ2n) is 10.3. The van der Waals surface area contributed by atoms with E-state index in [9.17, 15) is 24.6 Å². The number of unbranched alkanes of at least 4 members (excludes halogenated alkanes) is 1. The number of alkyl halides is 2. The second kappa shape index (κ2) is 14.6. The van der Waals surface area contributed by atoms with Gasteiger partial charge in [-0.15, -0.1) is 23.2 Å². The summed E-state index contributed by atoms with van der Waals surface area (Å²) in [6.45, 7) is 3.39. The zero-order valence-electron chi connectivity index (χ0n) is 23.6. The normalized spacial score (nSPS) is 12.9. The lowest BCUT2D eigenvalue weighted by atomic mass is 9.81. The maximum absolute atomic E-state index is 13.3. The lowest BCUT2D eigenvalue weighted by Crippen LogP contribution is -2.27. The Balaban J connectivity index is 1.46. The van der Waals surface area contributed by atoms with Crippen molar-refractivity contribution in [1.82, 2.24) is 0 Å². The molecule has 2 N–H and O–H groups in total. The minimum Gasteiger partial charge on any atom is -0.507 e. The van der Waals surface area contributed by atoms with Crippen LogP contribution >= 0.6 is 23.2 Å². The van der Waals surface area contributed by atoms with Crippen molar-refractivity contribution in [3.63, 3.8) is 0 Å². The summed E-state index contributed by atoms with van der Waals surface area (Å²) in [4.78, 5) is 41.4. The quantitative estimate of drug-likeness (QED) is 0.0902. The fraction of sp³-hybridized carbons (Fsp3) is 0.364. The molecule has 9 heteroatoms. The Hall–Kier alpha value is -3.55. The van der Waals surface area contributed by atoms with Gasteiger partial charge in [-0.2, -0.15) is 0 Å². The number of fused-ring (bicyclic) bond motifs is 2. The van der Waals surface area contributed by atoms with Crippen molar-refractivity contribution in [3.8, 4) is 11.5 Å². The van der Waals surface area contributed by atoms with E-state index in [1.807, 2.05) is 31.2 Å². The zero-order valence-corrected chi connectivity index (χ0v) is 25.1. The van der Waals surface area contributed by atoms with Crippen molar-refractivity contribution in [1.29, 1.82) is 0 Å². The Morgan fingerprint density at radius 1 is 0.905 bits per heavy atom. The van der Waals surface area contributed by atoms with E-state index in [2.05, 4.69) is 4.90 Å². The third-order valence-electron chi connectivity index (χ3n) is 7.48. The van der Waals surface area contributed by atoms with Crippen molar-refractivity contribution in [2.24, 2.45) is 0 Å². The smallest absolute Gasteiger partial charge is 0.306 e. The first-order valence-corrected chi connectivity index (χ1v) is 15.3. The third-order valence-corrected chi connectivity index (χ3v) is 7.81. The van der Waals surface area contributed by atoms with Gasteiger partial charge in [0.1, 0.15) is 17.6 Å². The first-order valence-electron chi connectivity index (χ1n) is 14.2. The number of rotatable bonds is 14. The molecule has 7 nitrogen and oxygen atoms in total. The monoisotopic (exact) mass is 611 g/mol. The molecule has 0 saturated heterocycles. The van der Waals surface area contributed by atoms with Crippen LogP contribution < -0.4 is 4.90 Å². The molecule has 3 aromatic rings. The summed E-state index contributed by atoms with van der Waals surface area (Å²) in [5, 5.41) is 22.0. The minimum absolute atomic E-state index is 0.114. The fourth-order valence-corrected chi connectivity index (χ4v) is 5.70. The third kappa shape index (κ3) is 6.90. The minimum atomic E-state index is -0.886. The maximum Gasteiger partial charge on any atom is 0.306 e. The summed E-state index contributed by atoms with van der Waals surface area (Å²) in [6, 6.07) is 15.6. The Morgan fingerprint density at radius 2 is 1.52 bits per heavy atom. The van der Waals surface area contributed by atoms with Crippen LogP contribution in [-0.2, 0) is 16.0 Å². The van der Waals surface area contributed by atoms with Crippen molar-refractivity contribution in [2.45, 2.75) is 51.6 Å². The molecular formula is C33H35Cl2NO6. The number of benzene rings is 3. The van der Waals surface area contributed by atoms with Crippen LogP contribution in [0, 0.1) is 0 Å². The van der Waals surface area contributed by atoms with Crippen LogP contribution in [0.1, 0.15) is 88.1 Å². The average Bonchev–Trinajstić information content (AvgIpc) is 2.99. The molecule has 1 atom stereocenters. The molecule has 0 aliphatic heterocycles. The van der Waals surface area contributed by atoms with Gasteiger partial charge in [0.25, 0.3) is 0 Å². The van der Waals surface area contributed by atoms with E-state index in [1.54, 1.807) is 12.1 Å². The van der Waals surface area contributed by atoms with Gasteiger partial charge in [-0.25, -0.2) is 0 Å². The van der Waals surface area contributed by atoms with Crippen molar-refractivity contribution < 1.29 is 29.3 Å². The average molecular weight is 613 g/mol. The molecule has 1 unspecified atom stereocenters. The number of ether oxygens (including phenoxy) is 1. The first-order chi connectivity index (χ1) is 20.3. The molecule has 3 aromatic carbocycles. The summed E-state index contributed by atoms with van der Waals surface area (Å²) in [5.41, 5.74) is 2.06. The van der Waals surface area contributed by atoms with Crippen LogP contribution in [-0.4, -0.2) is 52.6 Å². The van der Waals surface area contributed by atoms with E-state index in [0.717, 1.165) is 17.7 Å². The van der Waals surface area contributed by atoms with Crippen LogP contribution in [0.15, 0.2) is 54.6 Å². The first kappa shape index (κ1) is 31.4. The lowest BCUT2D eigenvalue weighted by Gasteiger charge is -2.24. The van der Waals surface area contributed by atoms with Crippen LogP contribution in [0.25, 0.3) is 0 Å². The summed E-state index contributed by atoms with van der Waals surface area (Å²) in [5.74, 6) is -1.41. The molecule has 0 fully saturated rings. The molecule has 42 heavy (non-hydrogen) atoms. The predicted octanol–water partition coefficient (Wildman–Crippen LogP) is 6.95. The number of phenolic OH excluding ortho intramolecular Hbond substituents is 2. The van der Waals surface area contributed by atoms with E-state index in [0.29, 0.717) is 50.5 Å². The molecule has 0 spiro atoms. The number of aryl methyl sites for hydroxylation is 1. The van der Waals surface area contributed by atoms with Crippen LogP contribution in [0.5, 0.6) is 11.5 Å². The number of anilines is 1. The van der Waals surface area contributed by atoms with Crippen molar-refractivity contribution >= 4 is 46.4 Å². The van der Waals surface area contributed by atoms with Crippen LogP contribution in [0.2, 0.25) is 0 Å². The Labute approximate surface area is 256 Å². The number of carbonyl (C=O) groups excluding carboxylic acids is 3. The van der Waals surface area contributed by atoms with Gasteiger partial charge in [-0.05, 0) is 49.4 Å². The second-order valence-corrected chi connectivity index (χ2v) is 11.0. The topological polar surface area (TPSA) is 104 Å². The molecule has 0 heterocycles. The number of ketones is 2. The van der Waals surface area contributed by atoms with Gasteiger partial charge in [0.15, 0.2) is 11.6 Å². The van der Waals surface area contributed by atoms with Gasteiger partial charge in [0.05, 0.1) is 11.1 Å². The number of hydrogen-bond donors (Lipinski definition) is 2. The molecule has 0 amide bonds. The zero-order chi connectivity index (χ0) is 30.2. The van der Waals surface area contributed by atoms with Gasteiger partial charge in [-0.1, -0.05) is 49.7 Å².